The van der Waals surface area contributed by atoms with Crippen molar-refractivity contribution >= 4 is 17.5 Å². The number of hydrogen-bond acceptors (Lipinski definition) is 5. The first-order valence-corrected chi connectivity index (χ1v) is 10.9. The highest BCUT2D eigenvalue weighted by molar-refractivity contribution is 5.98. The Bertz CT molecular complexity index is 848. The highest BCUT2D eigenvalue weighted by Gasteiger charge is 2.33. The van der Waals surface area contributed by atoms with Gasteiger partial charge in [0.2, 0.25) is 0 Å². The van der Waals surface area contributed by atoms with Gasteiger partial charge in [0.25, 0.3) is 5.91 Å². The van der Waals surface area contributed by atoms with E-state index >= 15 is 0 Å². The first-order chi connectivity index (χ1) is 14.1. The van der Waals surface area contributed by atoms with Gasteiger partial charge < -0.3 is 9.64 Å². The van der Waals surface area contributed by atoms with Gasteiger partial charge in [-0.1, -0.05) is 38.5 Å². The summed E-state index contributed by atoms with van der Waals surface area (Å²) in [4.78, 5) is 32.2. The molecule has 2 aliphatic rings. The number of ether oxygens (including phenoxy) is 1. The van der Waals surface area contributed by atoms with Gasteiger partial charge in [-0.3, -0.25) is 4.79 Å². The maximum absolute atomic E-state index is 13.2. The molecule has 2 fully saturated rings. The van der Waals surface area contributed by atoms with E-state index in [1.165, 1.54) is 38.5 Å². The van der Waals surface area contributed by atoms with Crippen LogP contribution in [0, 0.1) is 6.92 Å². The van der Waals surface area contributed by atoms with E-state index in [4.69, 9.17) is 4.74 Å². The summed E-state index contributed by atoms with van der Waals surface area (Å²) in [5, 5.41) is 4.30. The van der Waals surface area contributed by atoms with Gasteiger partial charge in [0.15, 0.2) is 12.3 Å². The van der Waals surface area contributed by atoms with Crippen LogP contribution in [0.2, 0.25) is 0 Å². The van der Waals surface area contributed by atoms with Crippen LogP contribution in [-0.2, 0) is 9.53 Å². The summed E-state index contributed by atoms with van der Waals surface area (Å²) in [7, 11) is 0. The number of aryl methyl sites for hydroxylation is 1. The molecule has 156 valence electrons. The minimum Gasteiger partial charge on any atom is -0.452 e. The van der Waals surface area contributed by atoms with Gasteiger partial charge >= 0.3 is 5.97 Å². The first kappa shape index (κ1) is 19.9. The number of aromatic nitrogens is 3. The summed E-state index contributed by atoms with van der Waals surface area (Å²) in [6, 6.07) is 2.33. The van der Waals surface area contributed by atoms with Gasteiger partial charge in [0.1, 0.15) is 5.56 Å². The Morgan fingerprint density at radius 2 is 1.69 bits per heavy atom. The Hall–Kier alpha value is -2.44. The van der Waals surface area contributed by atoms with E-state index in [1.54, 1.807) is 29.9 Å². The lowest BCUT2D eigenvalue weighted by Gasteiger charge is -2.41. The summed E-state index contributed by atoms with van der Waals surface area (Å²) in [5.74, 6) is -0.587. The standard InChI is InChI=1S/C22H30N4O3/c1-16-20(21-23-13-8-14-25(21)24-16)22(28)29-15-19(27)26(17-9-4-2-5-10-17)18-11-6-3-7-12-18/h8,13-14,17-18H,2-7,9-12,15H2,1H3. The number of carbonyl (C=O) groups excluding carboxylic acids is 2. The van der Waals surface area contributed by atoms with Crippen molar-refractivity contribution in [3.63, 3.8) is 0 Å². The molecule has 4 rings (SSSR count). The third-order valence-corrected chi connectivity index (χ3v) is 6.33. The van der Waals surface area contributed by atoms with Crippen LogP contribution in [0.25, 0.3) is 5.65 Å². The van der Waals surface area contributed by atoms with Crippen LogP contribution in [0.15, 0.2) is 18.5 Å². The van der Waals surface area contributed by atoms with Crippen molar-refractivity contribution in [2.75, 3.05) is 6.61 Å². The summed E-state index contributed by atoms with van der Waals surface area (Å²) in [5.41, 5.74) is 1.34. The van der Waals surface area contributed by atoms with Crippen LogP contribution in [0.1, 0.15) is 80.3 Å². The van der Waals surface area contributed by atoms with Crippen LogP contribution in [0.3, 0.4) is 0 Å². The predicted molar refractivity (Wildman–Crippen MR) is 109 cm³/mol. The Balaban J connectivity index is 1.46. The fourth-order valence-electron chi connectivity index (χ4n) is 4.93. The molecule has 7 nitrogen and oxygen atoms in total. The zero-order valence-electron chi connectivity index (χ0n) is 17.2. The SMILES string of the molecule is Cc1nn2cccnc2c1C(=O)OCC(=O)N(C1CCCCC1)C1CCCCC1. The number of esters is 1. The van der Waals surface area contributed by atoms with Crippen molar-refractivity contribution in [3.05, 3.63) is 29.7 Å². The molecule has 0 saturated heterocycles. The number of carbonyl (C=O) groups is 2. The molecule has 0 aromatic carbocycles. The van der Waals surface area contributed by atoms with E-state index in [1.807, 2.05) is 0 Å². The molecule has 29 heavy (non-hydrogen) atoms. The monoisotopic (exact) mass is 398 g/mol. The van der Waals surface area contributed by atoms with E-state index < -0.39 is 5.97 Å². The fraction of sp³-hybridized carbons (Fsp3) is 0.636. The second-order valence-electron chi connectivity index (χ2n) is 8.31. The maximum atomic E-state index is 13.2. The third kappa shape index (κ3) is 4.28. The van der Waals surface area contributed by atoms with Crippen molar-refractivity contribution in [3.8, 4) is 0 Å². The average Bonchev–Trinajstić information content (AvgIpc) is 3.09. The van der Waals surface area contributed by atoms with Gasteiger partial charge in [0, 0.05) is 24.5 Å². The maximum Gasteiger partial charge on any atom is 0.344 e. The topological polar surface area (TPSA) is 76.8 Å². The Morgan fingerprint density at radius 1 is 1.07 bits per heavy atom. The number of amides is 1. The van der Waals surface area contributed by atoms with Gasteiger partial charge in [0.05, 0.1) is 5.69 Å². The van der Waals surface area contributed by atoms with Crippen molar-refractivity contribution in [2.45, 2.75) is 83.2 Å². The highest BCUT2D eigenvalue weighted by atomic mass is 16.5. The van der Waals surface area contributed by atoms with Gasteiger partial charge in [-0.2, -0.15) is 5.10 Å². The Kier molecular flexibility index (Phi) is 6.11. The van der Waals surface area contributed by atoms with Crippen molar-refractivity contribution in [2.24, 2.45) is 0 Å². The molecule has 0 bridgehead atoms. The minimum atomic E-state index is -0.531. The highest BCUT2D eigenvalue weighted by Crippen LogP contribution is 2.30. The first-order valence-electron chi connectivity index (χ1n) is 10.9. The number of rotatable bonds is 5. The molecule has 2 aromatic rings. The van der Waals surface area contributed by atoms with Crippen molar-refractivity contribution in [1.82, 2.24) is 19.5 Å². The molecule has 2 heterocycles. The second-order valence-corrected chi connectivity index (χ2v) is 8.31. The second kappa shape index (κ2) is 8.93. The molecule has 7 heteroatoms. The van der Waals surface area contributed by atoms with Crippen LogP contribution in [0.4, 0.5) is 0 Å². The normalized spacial score (nSPS) is 18.7. The number of hydrogen-bond donors (Lipinski definition) is 0. The van der Waals surface area contributed by atoms with Gasteiger partial charge in [-0.05, 0) is 38.7 Å². The molecule has 2 aromatic heterocycles. The van der Waals surface area contributed by atoms with Gasteiger partial charge in [-0.25, -0.2) is 14.3 Å². The largest absolute Gasteiger partial charge is 0.452 e. The van der Waals surface area contributed by atoms with Crippen LogP contribution in [-0.4, -0.2) is 50.1 Å². The van der Waals surface area contributed by atoms with E-state index in [2.05, 4.69) is 15.0 Å². The van der Waals surface area contributed by atoms with Crippen molar-refractivity contribution in [1.29, 1.82) is 0 Å². The van der Waals surface area contributed by atoms with Crippen LogP contribution in [0.5, 0.6) is 0 Å². The summed E-state index contributed by atoms with van der Waals surface area (Å²) >= 11 is 0. The molecule has 2 saturated carbocycles. The van der Waals surface area contributed by atoms with E-state index in [0.29, 0.717) is 29.0 Å². The zero-order chi connectivity index (χ0) is 20.2. The molecule has 0 atom stereocenters. The molecule has 0 radical (unpaired) electrons. The molecular formula is C22H30N4O3. The molecule has 0 N–H and O–H groups in total. The lowest BCUT2D eigenvalue weighted by atomic mass is 9.88. The van der Waals surface area contributed by atoms with Crippen LogP contribution < -0.4 is 0 Å². The van der Waals surface area contributed by atoms with E-state index in [-0.39, 0.29) is 12.5 Å². The quantitative estimate of drug-likeness (QED) is 0.718. The summed E-state index contributed by atoms with van der Waals surface area (Å²) in [6.45, 7) is 1.54. The Labute approximate surface area is 171 Å². The predicted octanol–water partition coefficient (Wildman–Crippen LogP) is 3.69. The summed E-state index contributed by atoms with van der Waals surface area (Å²) in [6.07, 6.45) is 14.8. The number of nitrogens with zero attached hydrogens (tertiary/aromatic N) is 4. The minimum absolute atomic E-state index is 0.0563. The molecule has 0 spiro atoms. The fourth-order valence-corrected chi connectivity index (χ4v) is 4.93. The lowest BCUT2D eigenvalue weighted by molar-refractivity contribution is -0.141. The Morgan fingerprint density at radius 3 is 2.31 bits per heavy atom. The molecule has 0 unspecified atom stereocenters. The summed E-state index contributed by atoms with van der Waals surface area (Å²) < 4.78 is 7.04. The molecular weight excluding hydrogens is 368 g/mol. The van der Waals surface area contributed by atoms with E-state index in [9.17, 15) is 9.59 Å². The smallest absolute Gasteiger partial charge is 0.344 e. The van der Waals surface area contributed by atoms with Gasteiger partial charge in [-0.15, -0.1) is 0 Å². The van der Waals surface area contributed by atoms with Crippen molar-refractivity contribution < 1.29 is 14.3 Å². The molecule has 2 aliphatic carbocycles. The lowest BCUT2D eigenvalue weighted by Crippen LogP contribution is -2.50. The van der Waals surface area contributed by atoms with E-state index in [0.717, 1.165) is 25.7 Å². The number of fused-ring (bicyclic) bond motifs is 1. The third-order valence-electron chi connectivity index (χ3n) is 6.33. The van der Waals surface area contributed by atoms with Crippen LogP contribution >= 0.6 is 0 Å². The zero-order valence-corrected chi connectivity index (χ0v) is 17.2. The average molecular weight is 399 g/mol. The molecule has 1 amide bonds. The molecule has 0 aliphatic heterocycles.